The van der Waals surface area contributed by atoms with E-state index in [0.29, 0.717) is 23.7 Å². The van der Waals surface area contributed by atoms with Crippen LogP contribution in [-0.2, 0) is 14.8 Å². The minimum Gasteiger partial charge on any atom is -0.356 e. The van der Waals surface area contributed by atoms with Crippen LogP contribution in [0.4, 0.5) is 5.69 Å². The van der Waals surface area contributed by atoms with E-state index in [1.165, 1.54) is 9.87 Å². The fourth-order valence-corrected chi connectivity index (χ4v) is 3.90. The van der Waals surface area contributed by atoms with Crippen molar-refractivity contribution < 1.29 is 13.2 Å². The zero-order valence-corrected chi connectivity index (χ0v) is 17.1. The average Bonchev–Trinajstić information content (AvgIpc) is 2.63. The maximum absolute atomic E-state index is 12.1. The molecule has 0 aromatic heterocycles. The van der Waals surface area contributed by atoms with Gasteiger partial charge in [0.05, 0.1) is 11.9 Å². The Hall–Kier alpha value is -2.05. The summed E-state index contributed by atoms with van der Waals surface area (Å²) >= 11 is 5.96. The fraction of sp³-hybridized carbons (Fsp3) is 0.350. The Morgan fingerprint density at radius 2 is 1.85 bits per heavy atom. The number of hydrogen-bond donors (Lipinski definition) is 1. The molecule has 1 N–H and O–H groups in total. The number of benzene rings is 2. The van der Waals surface area contributed by atoms with Crippen LogP contribution < -0.4 is 9.62 Å². The number of hydrogen-bond acceptors (Lipinski definition) is 3. The lowest BCUT2D eigenvalue weighted by Gasteiger charge is -2.22. The molecule has 0 aliphatic carbocycles. The highest BCUT2D eigenvalue weighted by Crippen LogP contribution is 2.22. The lowest BCUT2D eigenvalue weighted by Crippen LogP contribution is -2.32. The quantitative estimate of drug-likeness (QED) is 0.686. The van der Waals surface area contributed by atoms with Gasteiger partial charge >= 0.3 is 0 Å². The molecule has 0 saturated heterocycles. The number of amides is 1. The Bertz CT molecular complexity index is 857. The minimum atomic E-state index is -3.45. The van der Waals surface area contributed by atoms with Crippen LogP contribution in [0.5, 0.6) is 0 Å². The molecule has 2 aromatic carbocycles. The summed E-state index contributed by atoms with van der Waals surface area (Å²) < 4.78 is 25.4. The van der Waals surface area contributed by atoms with Gasteiger partial charge in [-0.05, 0) is 36.1 Å². The summed E-state index contributed by atoms with van der Waals surface area (Å²) in [7, 11) is -3.45. The van der Waals surface area contributed by atoms with E-state index in [4.69, 9.17) is 11.6 Å². The predicted molar refractivity (Wildman–Crippen MR) is 111 cm³/mol. The largest absolute Gasteiger partial charge is 0.356 e. The van der Waals surface area contributed by atoms with Crippen molar-refractivity contribution in [1.82, 2.24) is 5.32 Å². The van der Waals surface area contributed by atoms with Crippen molar-refractivity contribution in [1.29, 1.82) is 0 Å². The number of nitrogens with zero attached hydrogens (tertiary/aromatic N) is 1. The van der Waals surface area contributed by atoms with Crippen LogP contribution in [-0.4, -0.2) is 33.7 Å². The third-order valence-electron chi connectivity index (χ3n) is 4.24. The zero-order chi connectivity index (χ0) is 19.9. The summed E-state index contributed by atoms with van der Waals surface area (Å²) in [6.07, 6.45) is 1.83. The first kappa shape index (κ1) is 21.3. The molecule has 0 aliphatic heterocycles. The molecule has 5 nitrogen and oxygen atoms in total. The second kappa shape index (κ2) is 9.76. The molecule has 146 valence electrons. The van der Waals surface area contributed by atoms with Crippen molar-refractivity contribution in [3.63, 3.8) is 0 Å². The predicted octanol–water partition coefficient (Wildman–Crippen LogP) is 3.81. The van der Waals surface area contributed by atoms with Gasteiger partial charge in [0.15, 0.2) is 0 Å². The maximum Gasteiger partial charge on any atom is 0.232 e. The lowest BCUT2D eigenvalue weighted by molar-refractivity contribution is -0.121. The Labute approximate surface area is 166 Å². The minimum absolute atomic E-state index is 0.0858. The summed E-state index contributed by atoms with van der Waals surface area (Å²) in [5, 5.41) is 3.38. The van der Waals surface area contributed by atoms with Gasteiger partial charge in [-0.25, -0.2) is 8.42 Å². The number of sulfonamides is 1. The highest BCUT2D eigenvalue weighted by molar-refractivity contribution is 7.92. The number of halogens is 1. The molecule has 0 radical (unpaired) electrons. The molecular weight excluding hydrogens is 384 g/mol. The van der Waals surface area contributed by atoms with E-state index >= 15 is 0 Å². The van der Waals surface area contributed by atoms with E-state index in [2.05, 4.69) is 12.2 Å². The van der Waals surface area contributed by atoms with Crippen molar-refractivity contribution in [3.05, 3.63) is 65.2 Å². The first-order chi connectivity index (χ1) is 12.8. The number of carbonyl (C=O) groups is 1. The summed E-state index contributed by atoms with van der Waals surface area (Å²) in [6, 6.07) is 16.7. The molecule has 7 heteroatoms. The van der Waals surface area contributed by atoms with Crippen molar-refractivity contribution in [2.45, 2.75) is 25.7 Å². The van der Waals surface area contributed by atoms with Gasteiger partial charge in [-0.15, -0.1) is 0 Å². The molecule has 0 heterocycles. The molecule has 0 fully saturated rings. The molecule has 1 amide bonds. The Morgan fingerprint density at radius 1 is 1.15 bits per heavy atom. The Balaban J connectivity index is 1.85. The van der Waals surface area contributed by atoms with Gasteiger partial charge in [-0.3, -0.25) is 9.10 Å². The zero-order valence-electron chi connectivity index (χ0n) is 15.6. The second-order valence-corrected chi connectivity index (χ2v) is 8.88. The molecule has 0 aliphatic rings. The number of anilines is 1. The van der Waals surface area contributed by atoms with E-state index < -0.39 is 10.0 Å². The summed E-state index contributed by atoms with van der Waals surface area (Å²) in [5.41, 5.74) is 1.67. The number of carbonyl (C=O) groups excluding carboxylic acids is 1. The van der Waals surface area contributed by atoms with Gasteiger partial charge in [0.25, 0.3) is 0 Å². The first-order valence-electron chi connectivity index (χ1n) is 8.82. The van der Waals surface area contributed by atoms with Gasteiger partial charge in [-0.2, -0.15) is 0 Å². The Morgan fingerprint density at radius 3 is 2.48 bits per heavy atom. The standard InChI is InChI=1S/C20H25ClN2O3S/c1-16(17-8-4-3-5-9-17)15-22-20(24)12-7-13-23(27(2,25)26)19-11-6-10-18(21)14-19/h3-6,8-11,14,16H,7,12-13,15H2,1-2H3,(H,22,24). The molecule has 0 spiro atoms. The van der Waals surface area contributed by atoms with Crippen LogP contribution in [0, 0.1) is 0 Å². The van der Waals surface area contributed by atoms with E-state index in [1.54, 1.807) is 24.3 Å². The smallest absolute Gasteiger partial charge is 0.232 e. The van der Waals surface area contributed by atoms with Crippen molar-refractivity contribution >= 4 is 33.2 Å². The third-order valence-corrected chi connectivity index (χ3v) is 5.66. The highest BCUT2D eigenvalue weighted by Gasteiger charge is 2.18. The molecule has 0 bridgehead atoms. The SMILES string of the molecule is CC(CNC(=O)CCCN(c1cccc(Cl)c1)S(C)(=O)=O)c1ccccc1. The molecule has 2 rings (SSSR count). The van der Waals surface area contributed by atoms with E-state index in [9.17, 15) is 13.2 Å². The van der Waals surface area contributed by atoms with Crippen LogP contribution in [0.25, 0.3) is 0 Å². The van der Waals surface area contributed by atoms with Gasteiger partial charge < -0.3 is 5.32 Å². The van der Waals surface area contributed by atoms with Crippen LogP contribution in [0.1, 0.15) is 31.2 Å². The Kier molecular flexibility index (Phi) is 7.68. The van der Waals surface area contributed by atoms with Crippen LogP contribution in [0.2, 0.25) is 5.02 Å². The topological polar surface area (TPSA) is 66.5 Å². The molecular formula is C20H25ClN2O3S. The van der Waals surface area contributed by atoms with Crippen molar-refractivity contribution in [2.24, 2.45) is 0 Å². The van der Waals surface area contributed by atoms with Crippen LogP contribution >= 0.6 is 11.6 Å². The summed E-state index contributed by atoms with van der Waals surface area (Å²) in [5.74, 6) is 0.131. The van der Waals surface area contributed by atoms with Gasteiger partial charge in [0.2, 0.25) is 15.9 Å². The normalized spacial score (nSPS) is 12.4. The van der Waals surface area contributed by atoms with Gasteiger partial charge in [0.1, 0.15) is 0 Å². The van der Waals surface area contributed by atoms with Crippen molar-refractivity contribution in [3.8, 4) is 0 Å². The monoisotopic (exact) mass is 408 g/mol. The third kappa shape index (κ3) is 6.88. The van der Waals surface area contributed by atoms with Crippen molar-refractivity contribution in [2.75, 3.05) is 23.7 Å². The van der Waals surface area contributed by atoms with E-state index in [-0.39, 0.29) is 24.8 Å². The molecule has 1 atom stereocenters. The number of nitrogens with one attached hydrogen (secondary N) is 1. The highest BCUT2D eigenvalue weighted by atomic mass is 35.5. The number of rotatable bonds is 9. The van der Waals surface area contributed by atoms with Gasteiger partial charge in [0, 0.05) is 24.5 Å². The molecule has 1 unspecified atom stereocenters. The van der Waals surface area contributed by atoms with Gasteiger partial charge in [-0.1, -0.05) is 54.9 Å². The fourth-order valence-electron chi connectivity index (χ4n) is 2.76. The molecule has 0 saturated carbocycles. The van der Waals surface area contributed by atoms with Crippen LogP contribution in [0.15, 0.2) is 54.6 Å². The second-order valence-electron chi connectivity index (χ2n) is 6.53. The van der Waals surface area contributed by atoms with E-state index in [0.717, 1.165) is 6.26 Å². The van der Waals surface area contributed by atoms with Crippen LogP contribution in [0.3, 0.4) is 0 Å². The summed E-state index contributed by atoms with van der Waals surface area (Å²) in [4.78, 5) is 12.1. The summed E-state index contributed by atoms with van der Waals surface area (Å²) in [6.45, 7) is 2.83. The molecule has 27 heavy (non-hydrogen) atoms. The average molecular weight is 409 g/mol. The maximum atomic E-state index is 12.1. The van der Waals surface area contributed by atoms with E-state index in [1.807, 2.05) is 30.3 Å². The first-order valence-corrected chi connectivity index (χ1v) is 11.0. The lowest BCUT2D eigenvalue weighted by atomic mass is 10.0. The molecule has 2 aromatic rings.